The molecular weight excluding hydrogens is 245 g/mol. The number of rotatable bonds is 7. The Morgan fingerprint density at radius 1 is 1.39 bits per heavy atom. The van der Waals surface area contributed by atoms with Crippen LogP contribution in [-0.4, -0.2) is 33.5 Å². The fourth-order valence-electron chi connectivity index (χ4n) is 1.83. The van der Waals surface area contributed by atoms with Gasteiger partial charge in [0.05, 0.1) is 0 Å². The molecule has 1 rings (SSSR count). The maximum atomic E-state index is 12.2. The first-order valence-corrected chi connectivity index (χ1v) is 6.13. The van der Waals surface area contributed by atoms with Crippen molar-refractivity contribution in [1.82, 2.24) is 20.1 Å². The lowest BCUT2D eigenvalue weighted by Crippen LogP contribution is -2.33. The van der Waals surface area contributed by atoms with E-state index in [1.54, 1.807) is 4.68 Å². The van der Waals surface area contributed by atoms with Crippen LogP contribution < -0.4 is 5.32 Å². The van der Waals surface area contributed by atoms with Crippen LogP contribution in [0.5, 0.6) is 0 Å². The third kappa shape index (κ3) is 5.03. The molecule has 4 nitrogen and oxygen atoms in total. The number of aryl methyl sites for hydroxylation is 1. The summed E-state index contributed by atoms with van der Waals surface area (Å²) in [5.41, 5.74) is 0. The Morgan fingerprint density at radius 2 is 2.11 bits per heavy atom. The molecule has 0 aliphatic rings. The Morgan fingerprint density at radius 3 is 2.67 bits per heavy atom. The standard InChI is InChI=1S/C11H19F3N4/c1-3-15-9(5-6-11(12,13)14)7-10-16-8-17-18(10)4-2/h8-9,15H,3-7H2,1-2H3. The number of nitrogens with zero attached hydrogens (tertiary/aromatic N) is 3. The summed E-state index contributed by atoms with van der Waals surface area (Å²) >= 11 is 0. The van der Waals surface area contributed by atoms with Gasteiger partial charge in [-0.3, -0.25) is 4.68 Å². The van der Waals surface area contributed by atoms with Gasteiger partial charge in [-0.1, -0.05) is 6.92 Å². The molecular formula is C11H19F3N4. The molecule has 0 radical (unpaired) electrons. The van der Waals surface area contributed by atoms with Crippen molar-refractivity contribution in [1.29, 1.82) is 0 Å². The van der Waals surface area contributed by atoms with Crippen molar-refractivity contribution in [3.05, 3.63) is 12.2 Å². The molecule has 7 heteroatoms. The van der Waals surface area contributed by atoms with Gasteiger partial charge in [-0.25, -0.2) is 4.98 Å². The molecule has 0 saturated heterocycles. The predicted molar refractivity (Wildman–Crippen MR) is 62.2 cm³/mol. The van der Waals surface area contributed by atoms with Gasteiger partial charge in [0.15, 0.2) is 0 Å². The number of alkyl halides is 3. The predicted octanol–water partition coefficient (Wildman–Crippen LogP) is 2.16. The van der Waals surface area contributed by atoms with Gasteiger partial charge in [0.2, 0.25) is 0 Å². The van der Waals surface area contributed by atoms with Crippen molar-refractivity contribution in [3.8, 4) is 0 Å². The highest BCUT2D eigenvalue weighted by molar-refractivity contribution is 4.90. The van der Waals surface area contributed by atoms with Crippen molar-refractivity contribution < 1.29 is 13.2 Å². The highest BCUT2D eigenvalue weighted by Gasteiger charge is 2.28. The van der Waals surface area contributed by atoms with Crippen molar-refractivity contribution in [3.63, 3.8) is 0 Å². The van der Waals surface area contributed by atoms with Crippen molar-refractivity contribution in [2.45, 2.75) is 51.9 Å². The Labute approximate surface area is 105 Å². The summed E-state index contributed by atoms with van der Waals surface area (Å²) in [7, 11) is 0. The minimum atomic E-state index is -4.11. The van der Waals surface area contributed by atoms with Crippen LogP contribution in [0.2, 0.25) is 0 Å². The number of likely N-dealkylation sites (N-methyl/N-ethyl adjacent to an activating group) is 1. The first kappa shape index (κ1) is 14.9. The number of nitrogens with one attached hydrogen (secondary N) is 1. The Bertz CT molecular complexity index is 348. The van der Waals surface area contributed by atoms with Crippen LogP contribution in [0.15, 0.2) is 6.33 Å². The van der Waals surface area contributed by atoms with E-state index in [1.807, 2.05) is 13.8 Å². The number of halogens is 3. The highest BCUT2D eigenvalue weighted by Crippen LogP contribution is 2.23. The molecule has 18 heavy (non-hydrogen) atoms. The zero-order chi connectivity index (χ0) is 13.6. The van der Waals surface area contributed by atoms with Gasteiger partial charge in [-0.05, 0) is 19.9 Å². The van der Waals surface area contributed by atoms with Gasteiger partial charge < -0.3 is 5.32 Å². The molecule has 0 aliphatic carbocycles. The average Bonchev–Trinajstić information content (AvgIpc) is 2.72. The second kappa shape index (κ2) is 6.72. The summed E-state index contributed by atoms with van der Waals surface area (Å²) in [5, 5.41) is 7.08. The fourth-order valence-corrected chi connectivity index (χ4v) is 1.83. The van der Waals surface area contributed by atoms with Gasteiger partial charge in [0.1, 0.15) is 12.2 Å². The molecule has 0 aliphatic heterocycles. The van der Waals surface area contributed by atoms with E-state index in [0.29, 0.717) is 19.5 Å². The second-order valence-electron chi connectivity index (χ2n) is 4.10. The molecule has 104 valence electrons. The van der Waals surface area contributed by atoms with Crippen molar-refractivity contribution >= 4 is 0 Å². The molecule has 1 atom stereocenters. The highest BCUT2D eigenvalue weighted by atomic mass is 19.4. The van der Waals surface area contributed by atoms with Gasteiger partial charge >= 0.3 is 6.18 Å². The topological polar surface area (TPSA) is 42.7 Å². The van der Waals surface area contributed by atoms with E-state index < -0.39 is 12.6 Å². The molecule has 0 bridgehead atoms. The van der Waals surface area contributed by atoms with Crippen LogP contribution in [0.3, 0.4) is 0 Å². The maximum absolute atomic E-state index is 12.2. The summed E-state index contributed by atoms with van der Waals surface area (Å²) in [6.45, 7) is 5.12. The first-order valence-electron chi connectivity index (χ1n) is 6.13. The molecule has 0 spiro atoms. The zero-order valence-electron chi connectivity index (χ0n) is 10.7. The summed E-state index contributed by atoms with van der Waals surface area (Å²) < 4.78 is 38.4. The van der Waals surface area contributed by atoms with E-state index in [0.717, 1.165) is 5.82 Å². The van der Waals surface area contributed by atoms with Crippen LogP contribution in [0.4, 0.5) is 13.2 Å². The normalized spacial score (nSPS) is 13.8. The lowest BCUT2D eigenvalue weighted by atomic mass is 10.1. The van der Waals surface area contributed by atoms with Crippen molar-refractivity contribution in [2.75, 3.05) is 6.54 Å². The van der Waals surface area contributed by atoms with E-state index >= 15 is 0 Å². The molecule has 0 saturated carbocycles. The lowest BCUT2D eigenvalue weighted by molar-refractivity contribution is -0.136. The summed E-state index contributed by atoms with van der Waals surface area (Å²) in [6, 6.07) is -0.217. The molecule has 1 aromatic rings. The SMILES string of the molecule is CCNC(CCC(F)(F)F)Cc1ncnn1CC. The monoisotopic (exact) mass is 264 g/mol. The summed E-state index contributed by atoms with van der Waals surface area (Å²) in [6.07, 6.45) is -2.91. The van der Waals surface area contributed by atoms with E-state index in [2.05, 4.69) is 15.4 Å². The van der Waals surface area contributed by atoms with Gasteiger partial charge in [0.25, 0.3) is 0 Å². The van der Waals surface area contributed by atoms with E-state index in [1.165, 1.54) is 6.33 Å². The van der Waals surface area contributed by atoms with Crippen LogP contribution >= 0.6 is 0 Å². The Hall–Kier alpha value is -1.11. The van der Waals surface area contributed by atoms with Crippen molar-refractivity contribution in [2.24, 2.45) is 0 Å². The van der Waals surface area contributed by atoms with Gasteiger partial charge in [-0.15, -0.1) is 0 Å². The smallest absolute Gasteiger partial charge is 0.314 e. The third-order valence-corrected chi connectivity index (χ3v) is 2.69. The third-order valence-electron chi connectivity index (χ3n) is 2.69. The molecule has 0 aromatic carbocycles. The maximum Gasteiger partial charge on any atom is 0.389 e. The molecule has 0 amide bonds. The van der Waals surface area contributed by atoms with Gasteiger partial charge in [-0.2, -0.15) is 18.3 Å². The minimum absolute atomic E-state index is 0.0634. The lowest BCUT2D eigenvalue weighted by Gasteiger charge is -2.18. The van der Waals surface area contributed by atoms with E-state index in [4.69, 9.17) is 0 Å². The number of aromatic nitrogens is 3. The Kier molecular flexibility index (Phi) is 5.58. The largest absolute Gasteiger partial charge is 0.389 e. The van der Waals surface area contributed by atoms with Crippen LogP contribution in [-0.2, 0) is 13.0 Å². The van der Waals surface area contributed by atoms with E-state index in [-0.39, 0.29) is 12.5 Å². The molecule has 1 N–H and O–H groups in total. The second-order valence-corrected chi connectivity index (χ2v) is 4.10. The average molecular weight is 264 g/mol. The Balaban J connectivity index is 2.57. The van der Waals surface area contributed by atoms with E-state index in [9.17, 15) is 13.2 Å². The molecule has 1 heterocycles. The molecule has 1 aromatic heterocycles. The number of hydrogen-bond acceptors (Lipinski definition) is 3. The quantitative estimate of drug-likeness (QED) is 0.820. The minimum Gasteiger partial charge on any atom is -0.314 e. The number of hydrogen-bond donors (Lipinski definition) is 1. The summed E-state index contributed by atoms with van der Waals surface area (Å²) in [4.78, 5) is 4.08. The van der Waals surface area contributed by atoms with Crippen LogP contribution in [0, 0.1) is 0 Å². The van der Waals surface area contributed by atoms with Gasteiger partial charge in [0, 0.05) is 25.4 Å². The first-order chi connectivity index (χ1) is 8.46. The fraction of sp³-hybridized carbons (Fsp3) is 0.818. The zero-order valence-corrected chi connectivity index (χ0v) is 10.7. The van der Waals surface area contributed by atoms with Crippen LogP contribution in [0.25, 0.3) is 0 Å². The van der Waals surface area contributed by atoms with Crippen LogP contribution in [0.1, 0.15) is 32.5 Å². The summed E-state index contributed by atoms with van der Waals surface area (Å²) in [5.74, 6) is 0.727. The molecule has 0 fully saturated rings. The molecule has 1 unspecified atom stereocenters.